The van der Waals surface area contributed by atoms with E-state index in [4.69, 9.17) is 10.5 Å². The largest absolute Gasteiger partial charge is 0.377 e. The predicted molar refractivity (Wildman–Crippen MR) is 71.2 cm³/mol. The number of hydrogen-bond donors (Lipinski definition) is 1. The van der Waals surface area contributed by atoms with Gasteiger partial charge < -0.3 is 15.0 Å². The first-order chi connectivity index (χ1) is 8.65. The number of piperidine rings is 1. The molecule has 102 valence electrons. The van der Waals surface area contributed by atoms with E-state index in [2.05, 4.69) is 27.6 Å². The molecule has 1 aromatic rings. The lowest BCUT2D eigenvalue weighted by molar-refractivity contribution is -0.0529. The zero-order valence-electron chi connectivity index (χ0n) is 11.4. The molecule has 1 atom stereocenters. The van der Waals surface area contributed by atoms with Crippen LogP contribution in [0.25, 0.3) is 0 Å². The summed E-state index contributed by atoms with van der Waals surface area (Å²) in [7, 11) is 1.81. The Balaban J connectivity index is 1.92. The molecule has 1 aromatic heterocycles. The van der Waals surface area contributed by atoms with Crippen LogP contribution < -0.4 is 5.73 Å². The second-order valence-corrected chi connectivity index (χ2v) is 5.36. The molecular formula is C13H24N4O. The number of hydrogen-bond acceptors (Lipinski definition) is 4. The topological polar surface area (TPSA) is 56.3 Å². The monoisotopic (exact) mass is 252 g/mol. The van der Waals surface area contributed by atoms with Crippen molar-refractivity contribution in [3.8, 4) is 0 Å². The van der Waals surface area contributed by atoms with E-state index < -0.39 is 0 Å². The lowest BCUT2D eigenvalue weighted by Gasteiger charge is -2.39. The summed E-state index contributed by atoms with van der Waals surface area (Å²) < 4.78 is 7.66. The zero-order chi connectivity index (χ0) is 13.0. The summed E-state index contributed by atoms with van der Waals surface area (Å²) >= 11 is 0. The highest BCUT2D eigenvalue weighted by Crippen LogP contribution is 2.24. The van der Waals surface area contributed by atoms with Gasteiger partial charge in [0.05, 0.1) is 17.6 Å². The van der Waals surface area contributed by atoms with Crippen molar-refractivity contribution in [2.45, 2.75) is 38.5 Å². The van der Waals surface area contributed by atoms with Crippen LogP contribution >= 0.6 is 0 Å². The normalized spacial score (nSPS) is 25.5. The molecule has 1 aliphatic rings. The van der Waals surface area contributed by atoms with Crippen LogP contribution in [0, 0.1) is 0 Å². The highest BCUT2D eigenvalue weighted by molar-refractivity contribution is 4.98. The molecule has 0 radical (unpaired) electrons. The molecule has 2 heterocycles. The summed E-state index contributed by atoms with van der Waals surface area (Å²) in [6.07, 6.45) is 6.28. The fraction of sp³-hybridized carbons (Fsp3) is 0.769. The molecule has 1 saturated heterocycles. The minimum atomic E-state index is -0.00191. The molecule has 5 heteroatoms. The van der Waals surface area contributed by atoms with Crippen molar-refractivity contribution in [2.24, 2.45) is 5.73 Å². The molecule has 2 N–H and O–H groups in total. The second-order valence-electron chi connectivity index (χ2n) is 5.36. The average Bonchev–Trinajstić information content (AvgIpc) is 2.77. The maximum atomic E-state index is 5.61. The van der Waals surface area contributed by atoms with Crippen LogP contribution in [-0.2, 0) is 17.8 Å². The third kappa shape index (κ3) is 3.31. The molecule has 0 saturated carbocycles. The summed E-state index contributed by atoms with van der Waals surface area (Å²) in [5.74, 6) is 0. The lowest BCUT2D eigenvalue weighted by Crippen LogP contribution is -2.46. The Kier molecular flexibility index (Phi) is 4.37. The van der Waals surface area contributed by atoms with Crippen LogP contribution in [0.2, 0.25) is 0 Å². The summed E-state index contributed by atoms with van der Waals surface area (Å²) in [5, 5.41) is 0. The number of nitrogens with zero attached hydrogens (tertiary/aromatic N) is 3. The van der Waals surface area contributed by atoms with Crippen molar-refractivity contribution in [3.05, 3.63) is 18.2 Å². The van der Waals surface area contributed by atoms with Crippen LogP contribution in [0.15, 0.2) is 12.5 Å². The van der Waals surface area contributed by atoms with E-state index in [1.54, 1.807) is 7.11 Å². The number of rotatable bonds is 5. The van der Waals surface area contributed by atoms with Gasteiger partial charge in [-0.2, -0.15) is 0 Å². The third-order valence-electron chi connectivity index (χ3n) is 3.69. The Morgan fingerprint density at radius 2 is 2.39 bits per heavy atom. The molecule has 0 aromatic carbocycles. The Hall–Kier alpha value is -0.910. The third-order valence-corrected chi connectivity index (χ3v) is 3.69. The number of ether oxygens (including phenoxy) is 1. The molecule has 18 heavy (non-hydrogen) atoms. The zero-order valence-corrected chi connectivity index (χ0v) is 11.4. The first-order valence-corrected chi connectivity index (χ1v) is 6.63. The Bertz CT molecular complexity index is 379. The quantitative estimate of drug-likeness (QED) is 0.844. The Morgan fingerprint density at radius 1 is 1.56 bits per heavy atom. The number of aromatic nitrogens is 2. The predicted octanol–water partition coefficient (Wildman–Crippen LogP) is 0.843. The smallest absolute Gasteiger partial charge is 0.0950 e. The van der Waals surface area contributed by atoms with Crippen molar-refractivity contribution in [3.63, 3.8) is 0 Å². The Morgan fingerprint density at radius 3 is 3.11 bits per heavy atom. The summed E-state index contributed by atoms with van der Waals surface area (Å²) in [5.41, 5.74) is 6.64. The minimum absolute atomic E-state index is 0.00191. The van der Waals surface area contributed by atoms with E-state index in [0.717, 1.165) is 38.3 Å². The highest BCUT2D eigenvalue weighted by atomic mass is 16.5. The first-order valence-electron chi connectivity index (χ1n) is 6.63. The lowest BCUT2D eigenvalue weighted by atomic mass is 9.95. The summed E-state index contributed by atoms with van der Waals surface area (Å²) in [4.78, 5) is 6.85. The van der Waals surface area contributed by atoms with Gasteiger partial charge in [0, 0.05) is 39.5 Å². The Labute approximate surface area is 109 Å². The van der Waals surface area contributed by atoms with Crippen molar-refractivity contribution in [2.75, 3.05) is 26.7 Å². The van der Waals surface area contributed by atoms with Crippen LogP contribution in [0.4, 0.5) is 0 Å². The molecule has 2 rings (SSSR count). The minimum Gasteiger partial charge on any atom is -0.377 e. The van der Waals surface area contributed by atoms with Gasteiger partial charge in [-0.15, -0.1) is 0 Å². The molecule has 0 spiro atoms. The van der Waals surface area contributed by atoms with Crippen molar-refractivity contribution in [1.82, 2.24) is 14.5 Å². The van der Waals surface area contributed by atoms with Crippen molar-refractivity contribution >= 4 is 0 Å². The number of nitrogens with two attached hydrogens (primary N) is 1. The molecule has 1 aliphatic heterocycles. The van der Waals surface area contributed by atoms with Crippen LogP contribution in [0.3, 0.4) is 0 Å². The second kappa shape index (κ2) is 5.82. The van der Waals surface area contributed by atoms with E-state index in [1.165, 1.54) is 6.42 Å². The molecule has 0 amide bonds. The van der Waals surface area contributed by atoms with E-state index >= 15 is 0 Å². The van der Waals surface area contributed by atoms with Crippen LogP contribution in [0.5, 0.6) is 0 Å². The van der Waals surface area contributed by atoms with Gasteiger partial charge in [0.2, 0.25) is 0 Å². The molecular weight excluding hydrogens is 228 g/mol. The summed E-state index contributed by atoms with van der Waals surface area (Å²) in [6.45, 7) is 6.68. The van der Waals surface area contributed by atoms with Crippen molar-refractivity contribution in [1.29, 1.82) is 0 Å². The van der Waals surface area contributed by atoms with Gasteiger partial charge in [-0.3, -0.25) is 4.90 Å². The van der Waals surface area contributed by atoms with Gasteiger partial charge in [-0.1, -0.05) is 0 Å². The first kappa shape index (κ1) is 13.5. The summed E-state index contributed by atoms with van der Waals surface area (Å²) in [6, 6.07) is 0. The van der Waals surface area contributed by atoms with E-state index in [1.807, 2.05) is 6.33 Å². The fourth-order valence-electron chi connectivity index (χ4n) is 2.60. The van der Waals surface area contributed by atoms with Gasteiger partial charge in [0.15, 0.2) is 0 Å². The van der Waals surface area contributed by atoms with Gasteiger partial charge in [0.25, 0.3) is 0 Å². The van der Waals surface area contributed by atoms with Gasteiger partial charge in [-0.05, 0) is 26.3 Å². The number of imidazole rings is 1. The molecule has 0 aliphatic carbocycles. The average molecular weight is 252 g/mol. The van der Waals surface area contributed by atoms with Gasteiger partial charge in [-0.25, -0.2) is 4.98 Å². The fourth-order valence-corrected chi connectivity index (χ4v) is 2.60. The maximum absolute atomic E-state index is 5.61. The molecule has 1 unspecified atom stereocenters. The van der Waals surface area contributed by atoms with E-state index in [0.29, 0.717) is 6.54 Å². The standard InChI is InChI=1S/C13H24N4O/c1-13(18-2)4-3-6-16(10-13)8-12-9-17(7-5-14)11-15-12/h9,11H,3-8,10,14H2,1-2H3. The van der Waals surface area contributed by atoms with Gasteiger partial charge >= 0.3 is 0 Å². The van der Waals surface area contributed by atoms with Crippen LogP contribution in [-0.4, -0.2) is 46.8 Å². The number of methoxy groups -OCH3 is 1. The molecule has 1 fully saturated rings. The van der Waals surface area contributed by atoms with Crippen LogP contribution in [0.1, 0.15) is 25.5 Å². The SMILES string of the molecule is COC1(C)CCCN(Cc2cn(CCN)cn2)C1. The van der Waals surface area contributed by atoms with Gasteiger partial charge in [0.1, 0.15) is 0 Å². The highest BCUT2D eigenvalue weighted by Gasteiger charge is 2.30. The molecule has 5 nitrogen and oxygen atoms in total. The number of likely N-dealkylation sites (tertiary alicyclic amines) is 1. The van der Waals surface area contributed by atoms with Crippen molar-refractivity contribution < 1.29 is 4.74 Å². The molecule has 0 bridgehead atoms. The van der Waals surface area contributed by atoms with E-state index in [-0.39, 0.29) is 5.60 Å². The van der Waals surface area contributed by atoms with E-state index in [9.17, 15) is 0 Å². The maximum Gasteiger partial charge on any atom is 0.0950 e.